The Bertz CT molecular complexity index is 4260. The van der Waals surface area contributed by atoms with Crippen molar-refractivity contribution in [2.45, 2.75) is 159 Å². The van der Waals surface area contributed by atoms with Crippen LogP contribution in [0.15, 0.2) is 146 Å². The summed E-state index contributed by atoms with van der Waals surface area (Å²) in [6.45, 7) is 9.48. The molecular formula is C80H98N12O15. The third kappa shape index (κ3) is 20.7. The molecular weight excluding hydrogens is 1370 g/mol. The predicted molar refractivity (Wildman–Crippen MR) is 400 cm³/mol. The minimum absolute atomic E-state index is 0.0148. The van der Waals surface area contributed by atoms with Crippen LogP contribution in [-0.2, 0) is 78.4 Å². The van der Waals surface area contributed by atoms with Gasteiger partial charge in [0, 0.05) is 56.8 Å². The van der Waals surface area contributed by atoms with E-state index in [1.807, 2.05) is 78.9 Å². The van der Waals surface area contributed by atoms with Gasteiger partial charge in [-0.05, 0) is 146 Å². The number of amides is 9. The van der Waals surface area contributed by atoms with Gasteiger partial charge in [0.25, 0.3) is 5.91 Å². The Balaban J connectivity index is 0.975. The van der Waals surface area contributed by atoms with Crippen molar-refractivity contribution in [3.05, 3.63) is 173 Å². The number of aliphatic carboxylic acids is 2. The molecule has 8 bridgehead atoms. The number of nitrogens with zero attached hydrogens (tertiary/aromatic N) is 2. The SMILES string of the molecule is CNC(C)C(=O)NC(C(=O)N1CC2CC1C(=O)NC(Cc1ccc3ccccc3c1)C(=O)NC(C(=O)O)Cc1ccc(cc1)C(=O)NC1CC(C(=O)NC(Cc3ccc4ccccc4c3)C(=O)NC(C(=O)O)Cc3ccc(cc3)OCC=CCO2)N(C(=O)C(NC(=O)C(C)NC)C(C)(C)C)C1)C1CCNCC1. The van der Waals surface area contributed by atoms with Crippen molar-refractivity contribution in [3.8, 4) is 5.75 Å². The molecule has 0 saturated carbocycles. The van der Waals surface area contributed by atoms with Gasteiger partial charge in [-0.1, -0.05) is 136 Å². The first kappa shape index (κ1) is 79.0. The van der Waals surface area contributed by atoms with Crippen LogP contribution in [0.1, 0.15) is 92.9 Å². The summed E-state index contributed by atoms with van der Waals surface area (Å²) in [6.07, 6.45) is 2.89. The van der Waals surface area contributed by atoms with Gasteiger partial charge in [-0.25, -0.2) is 9.59 Å². The zero-order chi connectivity index (χ0) is 76.6. The van der Waals surface area contributed by atoms with Crippen LogP contribution in [0.4, 0.5) is 0 Å². The summed E-state index contributed by atoms with van der Waals surface area (Å²) in [7, 11) is 3.22. The van der Waals surface area contributed by atoms with Gasteiger partial charge < -0.3 is 82.7 Å². The van der Waals surface area contributed by atoms with E-state index in [0.717, 1.165) is 21.5 Å². The highest BCUT2D eigenvalue weighted by Crippen LogP contribution is 2.30. The number of nitrogens with one attached hydrogen (secondary N) is 10. The van der Waals surface area contributed by atoms with Gasteiger partial charge in [0.2, 0.25) is 47.3 Å². The van der Waals surface area contributed by atoms with E-state index in [1.165, 1.54) is 34.1 Å². The van der Waals surface area contributed by atoms with Gasteiger partial charge >= 0.3 is 11.9 Å². The van der Waals surface area contributed by atoms with Gasteiger partial charge in [-0.2, -0.15) is 0 Å². The Morgan fingerprint density at radius 2 is 1.04 bits per heavy atom. The van der Waals surface area contributed by atoms with Gasteiger partial charge in [0.1, 0.15) is 60.7 Å². The number of carbonyl (C=O) groups excluding carboxylic acids is 9. The van der Waals surface area contributed by atoms with Crippen LogP contribution >= 0.6 is 0 Å². The second-order valence-corrected chi connectivity index (χ2v) is 29.2. The van der Waals surface area contributed by atoms with E-state index < -0.39 is 143 Å². The Morgan fingerprint density at radius 3 is 1.55 bits per heavy atom. The minimum Gasteiger partial charge on any atom is -0.490 e. The highest BCUT2D eigenvalue weighted by Gasteiger charge is 2.48. The number of carbonyl (C=O) groups is 11. The average Bonchev–Trinajstić information content (AvgIpc) is 1.69. The lowest BCUT2D eigenvalue weighted by Gasteiger charge is -2.36. The Labute approximate surface area is 621 Å². The topological polar surface area (TPSA) is 373 Å². The van der Waals surface area contributed by atoms with Gasteiger partial charge in [0.15, 0.2) is 0 Å². The molecule has 107 heavy (non-hydrogen) atoms. The fourth-order valence-corrected chi connectivity index (χ4v) is 14.0. The molecule has 12 atom stereocenters. The molecule has 6 aromatic rings. The second-order valence-electron chi connectivity index (χ2n) is 29.2. The second kappa shape index (κ2) is 36.1. The third-order valence-corrected chi connectivity index (χ3v) is 20.5. The largest absolute Gasteiger partial charge is 0.490 e. The van der Waals surface area contributed by atoms with Crippen molar-refractivity contribution in [1.82, 2.24) is 63.0 Å². The fourth-order valence-electron chi connectivity index (χ4n) is 14.0. The van der Waals surface area contributed by atoms with Gasteiger partial charge in [-0.3, -0.25) is 43.2 Å². The van der Waals surface area contributed by atoms with Crippen LogP contribution in [0.2, 0.25) is 0 Å². The van der Waals surface area contributed by atoms with Crippen LogP contribution in [-0.4, -0.2) is 211 Å². The summed E-state index contributed by atoms with van der Waals surface area (Å²) in [5, 5.41) is 54.0. The van der Waals surface area contributed by atoms with Crippen molar-refractivity contribution < 1.29 is 72.4 Å². The van der Waals surface area contributed by atoms with Crippen molar-refractivity contribution >= 4 is 86.6 Å². The number of rotatable bonds is 15. The zero-order valence-corrected chi connectivity index (χ0v) is 61.4. The predicted octanol–water partition coefficient (Wildman–Crippen LogP) is 3.24. The van der Waals surface area contributed by atoms with Crippen LogP contribution in [0, 0.1) is 11.3 Å². The van der Waals surface area contributed by atoms with E-state index in [9.17, 15) is 43.8 Å². The molecule has 27 nitrogen and oxygen atoms in total. The summed E-state index contributed by atoms with van der Waals surface area (Å²) < 4.78 is 12.4. The van der Waals surface area contributed by atoms with Crippen LogP contribution in [0.25, 0.3) is 21.5 Å². The summed E-state index contributed by atoms with van der Waals surface area (Å²) in [5.74, 6) is -8.59. The molecule has 13 rings (SSSR count). The van der Waals surface area contributed by atoms with Gasteiger partial charge in [-0.15, -0.1) is 0 Å². The molecule has 9 amide bonds. The van der Waals surface area contributed by atoms with Crippen LogP contribution in [0.3, 0.4) is 0 Å². The molecule has 7 aliphatic heterocycles. The molecule has 3 saturated heterocycles. The lowest BCUT2D eigenvalue weighted by atomic mass is 9.85. The number of carboxylic acid groups (broad SMARTS) is 2. The van der Waals surface area contributed by atoms with E-state index in [1.54, 1.807) is 91.2 Å². The van der Waals surface area contributed by atoms with Crippen molar-refractivity contribution in [3.63, 3.8) is 0 Å². The fraction of sp³-hybridized carbons (Fsp3) is 0.438. The summed E-state index contributed by atoms with van der Waals surface area (Å²) in [6, 6.07) is 25.6. The van der Waals surface area contributed by atoms with Crippen molar-refractivity contribution in [2.24, 2.45) is 11.3 Å². The minimum atomic E-state index is -1.59. The quantitative estimate of drug-likeness (QED) is 0.0657. The molecule has 3 fully saturated rings. The highest BCUT2D eigenvalue weighted by atomic mass is 16.5. The zero-order valence-electron chi connectivity index (χ0n) is 61.4. The molecule has 7 aliphatic rings. The summed E-state index contributed by atoms with van der Waals surface area (Å²) >= 11 is 0. The smallest absolute Gasteiger partial charge is 0.326 e. The summed E-state index contributed by atoms with van der Waals surface area (Å²) in [5.41, 5.74) is 1.31. The first-order valence-corrected chi connectivity index (χ1v) is 36.5. The molecule has 6 aromatic carbocycles. The first-order valence-electron chi connectivity index (χ1n) is 36.5. The maximum Gasteiger partial charge on any atom is 0.326 e. The normalized spacial score (nSPS) is 23.1. The standard InChI is InChI=1S/C80H98N12O15/c1-46(81-6)69(93)89-67(54-30-32-83-33-31-54)76(100)92-45-60-43-66(92)75(99)86-62(41-51-21-25-53-15-9-11-17-57(53)37-51)73(97)87-63(78(102)103)38-48-18-26-55(27-19-48)71(95)84-58-42-65(91(44-58)77(101)68(80(3,4)5)90-70(94)47(2)82-7)74(98)85-61(40-50-20-24-52-14-8-10-16-56(52)36-50)72(96)88-64(79(104)105)39-49-22-28-59(29-23-49)106-34-12-13-35-107-60/h8-29,36-37,46-47,54,58,60-68,81-83H,30-35,38-45H2,1-7H3,(H,84,95)(H,85,98)(H,86,99)(H,87,97)(H,88,96)(H,89,93)(H,90,94)(H,102,103)(H,104,105). The Hall–Kier alpha value is -10.6. The third-order valence-electron chi connectivity index (χ3n) is 20.5. The first-order chi connectivity index (χ1) is 51.2. The number of likely N-dealkylation sites (tertiary alicyclic amines) is 2. The van der Waals surface area contributed by atoms with Crippen LogP contribution < -0.4 is 57.9 Å². The number of fused-ring (bicyclic) bond motifs is 2. The maximum absolute atomic E-state index is 15.2. The number of benzene rings is 6. The van der Waals surface area contributed by atoms with Gasteiger partial charge in [0.05, 0.1) is 24.8 Å². The number of hydrogen-bond donors (Lipinski definition) is 12. The molecule has 12 unspecified atom stereocenters. The van der Waals surface area contributed by atoms with Crippen molar-refractivity contribution in [1.29, 1.82) is 0 Å². The monoisotopic (exact) mass is 1470 g/mol. The molecule has 12 N–H and O–H groups in total. The summed E-state index contributed by atoms with van der Waals surface area (Å²) in [4.78, 5) is 161. The van der Waals surface area contributed by atoms with E-state index >= 15 is 19.2 Å². The molecule has 27 heteroatoms. The highest BCUT2D eigenvalue weighted by molar-refractivity contribution is 5.99. The number of likely N-dealkylation sites (N-methyl/N-ethyl adjacent to an activating group) is 2. The molecule has 7 heterocycles. The molecule has 0 aromatic heterocycles. The number of hydrogen-bond acceptors (Lipinski definition) is 16. The maximum atomic E-state index is 15.2. The Kier molecular flexibility index (Phi) is 26.7. The molecule has 0 radical (unpaired) electrons. The molecule has 0 spiro atoms. The Morgan fingerprint density at radius 1 is 0.551 bits per heavy atom. The molecule has 0 aliphatic carbocycles. The number of carboxylic acids is 2. The number of ether oxygens (including phenoxy) is 2. The van der Waals surface area contributed by atoms with E-state index in [-0.39, 0.29) is 76.3 Å². The van der Waals surface area contributed by atoms with E-state index in [4.69, 9.17) is 9.47 Å². The average molecular weight is 1470 g/mol. The lowest BCUT2D eigenvalue weighted by molar-refractivity contribution is -0.145. The lowest BCUT2D eigenvalue weighted by Crippen LogP contribution is -2.61. The van der Waals surface area contributed by atoms with E-state index in [0.29, 0.717) is 53.9 Å². The van der Waals surface area contributed by atoms with E-state index in [2.05, 4.69) is 53.2 Å². The number of piperidine rings is 1. The molecule has 568 valence electrons. The van der Waals surface area contributed by atoms with Crippen LogP contribution in [0.5, 0.6) is 5.75 Å². The van der Waals surface area contributed by atoms with Crippen molar-refractivity contribution in [2.75, 3.05) is 53.5 Å².